The third-order valence-corrected chi connectivity index (χ3v) is 3.59. The van der Waals surface area contributed by atoms with Crippen molar-refractivity contribution >= 4 is 39.5 Å². The molecule has 19 heavy (non-hydrogen) atoms. The van der Waals surface area contributed by atoms with Crippen LogP contribution in [-0.4, -0.2) is 14.9 Å². The number of thiophene rings is 1. The van der Waals surface area contributed by atoms with Gasteiger partial charge in [-0.15, -0.1) is 0 Å². The average Bonchev–Trinajstić information content (AvgIpc) is 2.91. The average molecular weight is 292 g/mol. The Balaban J connectivity index is 2.31. The molecule has 3 rings (SSSR count). The fourth-order valence-corrected chi connectivity index (χ4v) is 2.70. The highest BCUT2D eigenvalue weighted by Crippen LogP contribution is 2.31. The molecule has 0 amide bonds. The molecule has 0 atom stereocenters. The Hall–Kier alpha value is -2.05. The third-order valence-electron chi connectivity index (χ3n) is 2.63. The van der Waals surface area contributed by atoms with Gasteiger partial charge in [0.2, 0.25) is 0 Å². The fourth-order valence-electron chi connectivity index (χ4n) is 1.79. The SMILES string of the molecule is O=[N+]([O-])c1cccc2nc(-c3ccsc3)nc(Cl)c12. The lowest BCUT2D eigenvalue weighted by molar-refractivity contribution is -0.383. The van der Waals surface area contributed by atoms with E-state index >= 15 is 0 Å². The van der Waals surface area contributed by atoms with E-state index in [4.69, 9.17) is 11.6 Å². The Bertz CT molecular complexity index is 774. The minimum absolute atomic E-state index is 0.0839. The molecule has 0 unspecified atom stereocenters. The van der Waals surface area contributed by atoms with Crippen LogP contribution < -0.4 is 0 Å². The maximum Gasteiger partial charge on any atom is 0.281 e. The molecule has 1 aromatic carbocycles. The van der Waals surface area contributed by atoms with Crippen molar-refractivity contribution in [2.24, 2.45) is 0 Å². The summed E-state index contributed by atoms with van der Waals surface area (Å²) in [5.74, 6) is 0.472. The Morgan fingerprint density at radius 2 is 2.11 bits per heavy atom. The second-order valence-electron chi connectivity index (χ2n) is 3.78. The number of hydrogen-bond donors (Lipinski definition) is 0. The lowest BCUT2D eigenvalue weighted by Crippen LogP contribution is -1.95. The quantitative estimate of drug-likeness (QED) is 0.408. The van der Waals surface area contributed by atoms with Crippen molar-refractivity contribution in [3.63, 3.8) is 0 Å². The first kappa shape index (κ1) is 12.0. The molecule has 3 aromatic rings. The summed E-state index contributed by atoms with van der Waals surface area (Å²) in [4.78, 5) is 19.0. The van der Waals surface area contributed by atoms with Gasteiger partial charge in [0.1, 0.15) is 10.5 Å². The van der Waals surface area contributed by atoms with E-state index in [-0.39, 0.29) is 16.2 Å². The number of hydrogen-bond acceptors (Lipinski definition) is 5. The lowest BCUT2D eigenvalue weighted by atomic mass is 10.2. The minimum Gasteiger partial charge on any atom is -0.258 e. The molecular formula is C12H6ClN3O2S. The summed E-state index contributed by atoms with van der Waals surface area (Å²) in [6.45, 7) is 0. The predicted octanol–water partition coefficient (Wildman–Crippen LogP) is 3.92. The van der Waals surface area contributed by atoms with Crippen LogP contribution in [0.4, 0.5) is 5.69 Å². The largest absolute Gasteiger partial charge is 0.281 e. The highest BCUT2D eigenvalue weighted by Gasteiger charge is 2.18. The van der Waals surface area contributed by atoms with Crippen molar-refractivity contribution in [2.75, 3.05) is 0 Å². The predicted molar refractivity (Wildman–Crippen MR) is 74.5 cm³/mol. The summed E-state index contributed by atoms with van der Waals surface area (Å²) in [5, 5.41) is 15.1. The second-order valence-corrected chi connectivity index (χ2v) is 4.92. The molecule has 0 saturated heterocycles. The number of rotatable bonds is 2. The van der Waals surface area contributed by atoms with E-state index in [0.29, 0.717) is 11.3 Å². The zero-order valence-electron chi connectivity index (χ0n) is 9.41. The second kappa shape index (κ2) is 4.56. The van der Waals surface area contributed by atoms with Crippen LogP contribution in [0.1, 0.15) is 0 Å². The zero-order valence-corrected chi connectivity index (χ0v) is 11.0. The lowest BCUT2D eigenvalue weighted by Gasteiger charge is -2.03. The Labute approximate surface area is 116 Å². The molecule has 2 heterocycles. The first-order valence-corrected chi connectivity index (χ1v) is 6.62. The molecule has 2 aromatic heterocycles. The van der Waals surface area contributed by atoms with Gasteiger partial charge in [0.15, 0.2) is 5.82 Å². The van der Waals surface area contributed by atoms with Gasteiger partial charge in [0.25, 0.3) is 5.69 Å². The Morgan fingerprint density at radius 1 is 1.26 bits per heavy atom. The fraction of sp³-hybridized carbons (Fsp3) is 0. The standard InChI is InChI=1S/C12H6ClN3O2S/c13-11-10-8(2-1-3-9(10)16(17)18)14-12(15-11)7-4-5-19-6-7/h1-6H. The molecule has 94 valence electrons. The van der Waals surface area contributed by atoms with Crippen LogP contribution in [0.2, 0.25) is 5.15 Å². The van der Waals surface area contributed by atoms with Crippen molar-refractivity contribution in [3.05, 3.63) is 50.3 Å². The summed E-state index contributed by atoms with van der Waals surface area (Å²) < 4.78 is 0. The van der Waals surface area contributed by atoms with E-state index < -0.39 is 4.92 Å². The number of nitro benzene ring substituents is 1. The molecule has 0 saturated carbocycles. The van der Waals surface area contributed by atoms with Crippen LogP contribution in [0, 0.1) is 10.1 Å². The highest BCUT2D eigenvalue weighted by atomic mass is 35.5. The molecule has 0 aliphatic rings. The van der Waals surface area contributed by atoms with Gasteiger partial charge in [0.05, 0.1) is 10.4 Å². The first-order chi connectivity index (χ1) is 9.16. The summed E-state index contributed by atoms with van der Waals surface area (Å²) in [6.07, 6.45) is 0. The summed E-state index contributed by atoms with van der Waals surface area (Å²) in [7, 11) is 0. The maximum absolute atomic E-state index is 11.0. The van der Waals surface area contributed by atoms with E-state index in [1.807, 2.05) is 16.8 Å². The maximum atomic E-state index is 11.0. The van der Waals surface area contributed by atoms with Crippen LogP contribution in [-0.2, 0) is 0 Å². The summed E-state index contributed by atoms with van der Waals surface area (Å²) >= 11 is 7.60. The van der Waals surface area contributed by atoms with Crippen LogP contribution in [0.3, 0.4) is 0 Å². The number of nitro groups is 1. The van der Waals surface area contributed by atoms with Crippen LogP contribution in [0.25, 0.3) is 22.3 Å². The van der Waals surface area contributed by atoms with Crippen molar-refractivity contribution in [1.29, 1.82) is 0 Å². The van der Waals surface area contributed by atoms with Crippen molar-refractivity contribution < 1.29 is 4.92 Å². The number of nitrogens with zero attached hydrogens (tertiary/aromatic N) is 3. The zero-order chi connectivity index (χ0) is 13.4. The molecule has 0 spiro atoms. The van der Waals surface area contributed by atoms with Crippen LogP contribution in [0.15, 0.2) is 35.0 Å². The van der Waals surface area contributed by atoms with Gasteiger partial charge in [-0.2, -0.15) is 11.3 Å². The molecule has 0 aliphatic heterocycles. The summed E-state index contributed by atoms with van der Waals surface area (Å²) in [5.41, 5.74) is 1.23. The normalized spacial score (nSPS) is 10.8. The molecule has 0 bridgehead atoms. The van der Waals surface area contributed by atoms with Gasteiger partial charge in [-0.3, -0.25) is 10.1 Å². The van der Waals surface area contributed by atoms with E-state index in [0.717, 1.165) is 5.56 Å². The van der Waals surface area contributed by atoms with Crippen LogP contribution >= 0.6 is 22.9 Å². The van der Waals surface area contributed by atoms with E-state index in [1.54, 1.807) is 12.1 Å². The van der Waals surface area contributed by atoms with Gasteiger partial charge in [-0.05, 0) is 17.5 Å². The topological polar surface area (TPSA) is 68.9 Å². The van der Waals surface area contributed by atoms with Crippen molar-refractivity contribution in [1.82, 2.24) is 9.97 Å². The van der Waals surface area contributed by atoms with Crippen molar-refractivity contribution in [2.45, 2.75) is 0 Å². The smallest absolute Gasteiger partial charge is 0.258 e. The number of aromatic nitrogens is 2. The van der Waals surface area contributed by atoms with E-state index in [1.165, 1.54) is 17.4 Å². The summed E-state index contributed by atoms with van der Waals surface area (Å²) in [6, 6.07) is 6.54. The third kappa shape index (κ3) is 2.05. The van der Waals surface area contributed by atoms with Gasteiger partial charge >= 0.3 is 0 Å². The van der Waals surface area contributed by atoms with Crippen molar-refractivity contribution in [3.8, 4) is 11.4 Å². The molecule has 0 aliphatic carbocycles. The van der Waals surface area contributed by atoms with E-state index in [9.17, 15) is 10.1 Å². The van der Waals surface area contributed by atoms with Gasteiger partial charge in [-0.1, -0.05) is 17.7 Å². The molecule has 0 radical (unpaired) electrons. The molecule has 5 nitrogen and oxygen atoms in total. The number of halogens is 1. The van der Waals surface area contributed by atoms with Crippen LogP contribution in [0.5, 0.6) is 0 Å². The Kier molecular flexibility index (Phi) is 2.88. The number of fused-ring (bicyclic) bond motifs is 1. The van der Waals surface area contributed by atoms with Gasteiger partial charge in [-0.25, -0.2) is 9.97 Å². The molecule has 0 fully saturated rings. The van der Waals surface area contributed by atoms with Gasteiger partial charge < -0.3 is 0 Å². The highest BCUT2D eigenvalue weighted by molar-refractivity contribution is 7.08. The Morgan fingerprint density at radius 3 is 2.79 bits per heavy atom. The number of benzene rings is 1. The minimum atomic E-state index is -0.484. The monoisotopic (exact) mass is 291 g/mol. The first-order valence-electron chi connectivity index (χ1n) is 5.30. The molecule has 0 N–H and O–H groups in total. The van der Waals surface area contributed by atoms with E-state index in [2.05, 4.69) is 9.97 Å². The van der Waals surface area contributed by atoms with Gasteiger partial charge in [0, 0.05) is 17.0 Å². The molecular weight excluding hydrogens is 286 g/mol. The number of non-ortho nitro benzene ring substituents is 1. The molecule has 7 heteroatoms.